The maximum Gasteiger partial charge on any atom is 0.256 e. The Balaban J connectivity index is 1.43. The molecule has 172 valence electrons. The molecule has 0 unspecified atom stereocenters. The van der Waals surface area contributed by atoms with Crippen LogP contribution in [0, 0.1) is 18.8 Å². The van der Waals surface area contributed by atoms with Crippen molar-refractivity contribution in [3.63, 3.8) is 0 Å². The Bertz CT molecular complexity index is 1060. The minimum absolute atomic E-state index is 0.144. The number of amides is 2. The van der Waals surface area contributed by atoms with Gasteiger partial charge in [-0.15, -0.1) is 0 Å². The molecule has 1 heterocycles. The van der Waals surface area contributed by atoms with Crippen molar-refractivity contribution in [3.8, 4) is 0 Å². The van der Waals surface area contributed by atoms with Gasteiger partial charge in [-0.2, -0.15) is 0 Å². The summed E-state index contributed by atoms with van der Waals surface area (Å²) in [7, 11) is 0. The number of carboxylic acid groups (broad SMARTS) is 1. The number of hydrogen-bond donors (Lipinski definition) is 1. The van der Waals surface area contributed by atoms with Crippen LogP contribution in [-0.4, -0.2) is 48.9 Å². The summed E-state index contributed by atoms with van der Waals surface area (Å²) < 4.78 is 0. The van der Waals surface area contributed by atoms with Gasteiger partial charge >= 0.3 is 0 Å². The van der Waals surface area contributed by atoms with Crippen LogP contribution in [0.4, 0.5) is 11.4 Å². The molecule has 1 N–H and O–H groups in total. The van der Waals surface area contributed by atoms with Crippen molar-refractivity contribution in [1.29, 1.82) is 0 Å². The van der Waals surface area contributed by atoms with Crippen LogP contribution in [0.25, 0.3) is 0 Å². The number of para-hydroxylation sites is 1. The molecule has 0 spiro atoms. The van der Waals surface area contributed by atoms with Gasteiger partial charge in [0.1, 0.15) is 0 Å². The molecule has 2 amide bonds. The molecule has 2 aromatic rings. The third-order valence-electron chi connectivity index (χ3n) is 6.45. The molecule has 0 radical (unpaired) electrons. The zero-order valence-corrected chi connectivity index (χ0v) is 18.7. The fraction of sp³-hybridized carbons (Fsp3) is 0.346. The van der Waals surface area contributed by atoms with Crippen LogP contribution >= 0.6 is 0 Å². The maximum atomic E-state index is 13.3. The van der Waals surface area contributed by atoms with Gasteiger partial charge in [-0.05, 0) is 44.0 Å². The summed E-state index contributed by atoms with van der Waals surface area (Å²) in [5.74, 6) is -3.36. The normalized spacial score (nSPS) is 20.4. The number of aliphatic carboxylic acids is 1. The van der Waals surface area contributed by atoms with Crippen LogP contribution in [0.15, 0.2) is 60.7 Å². The molecule has 33 heavy (non-hydrogen) atoms. The molecule has 1 saturated heterocycles. The minimum atomic E-state index is -1.23. The van der Waals surface area contributed by atoms with Gasteiger partial charge in [0.05, 0.1) is 17.2 Å². The van der Waals surface area contributed by atoms with Gasteiger partial charge in [-0.3, -0.25) is 9.59 Å². The average molecular weight is 447 g/mol. The van der Waals surface area contributed by atoms with Crippen LogP contribution in [-0.2, 0) is 9.59 Å². The van der Waals surface area contributed by atoms with E-state index >= 15 is 0 Å². The largest absolute Gasteiger partial charge is 0.550 e. The van der Waals surface area contributed by atoms with Crippen LogP contribution < -0.4 is 15.3 Å². The monoisotopic (exact) mass is 446 g/mol. The van der Waals surface area contributed by atoms with Gasteiger partial charge in [0.15, 0.2) is 0 Å². The number of aryl methyl sites for hydroxylation is 1. The standard InChI is InChI=1S/C26H29N3O4/c1-18-10-12-19(13-11-18)28-14-16-29(17-15-28)25(31)22-8-4-5-9-23(22)27-24(30)20-6-2-3-7-21(20)26(32)33/h2-5,8-13,20-21H,6-7,14-17H2,1H3,(H,27,30)(H,32,33)/p-1/t20-,21+/m1/s1. The van der Waals surface area contributed by atoms with Gasteiger partial charge in [-0.25, -0.2) is 0 Å². The Kier molecular flexibility index (Phi) is 6.77. The molecule has 0 bridgehead atoms. The lowest BCUT2D eigenvalue weighted by atomic mass is 9.82. The van der Waals surface area contributed by atoms with Crippen molar-refractivity contribution < 1.29 is 19.5 Å². The number of anilines is 2. The van der Waals surface area contributed by atoms with Gasteiger partial charge in [0.25, 0.3) is 5.91 Å². The molecule has 1 fully saturated rings. The van der Waals surface area contributed by atoms with E-state index in [0.717, 1.165) is 18.8 Å². The molecular weight excluding hydrogens is 418 g/mol. The number of nitrogens with one attached hydrogen (secondary N) is 1. The molecule has 2 atom stereocenters. The summed E-state index contributed by atoms with van der Waals surface area (Å²) in [4.78, 5) is 41.7. The van der Waals surface area contributed by atoms with E-state index in [1.807, 2.05) is 6.08 Å². The predicted octanol–water partition coefficient (Wildman–Crippen LogP) is 2.23. The fourth-order valence-corrected chi connectivity index (χ4v) is 4.46. The molecule has 2 aliphatic rings. The SMILES string of the molecule is Cc1ccc(N2CCN(C(=O)c3ccccc3NC(=O)[C@@H]3CC=CC[C@@H]3C(=O)[O-])CC2)cc1. The molecule has 4 rings (SSSR count). The van der Waals surface area contributed by atoms with Gasteiger partial charge in [-0.1, -0.05) is 42.0 Å². The molecule has 0 aromatic heterocycles. The third-order valence-corrected chi connectivity index (χ3v) is 6.45. The molecule has 7 heteroatoms. The number of nitrogens with zero attached hydrogens (tertiary/aromatic N) is 2. The average Bonchev–Trinajstić information content (AvgIpc) is 2.84. The topological polar surface area (TPSA) is 92.8 Å². The lowest BCUT2D eigenvalue weighted by molar-refractivity contribution is -0.313. The highest BCUT2D eigenvalue weighted by atomic mass is 16.4. The van der Waals surface area contributed by atoms with Crippen LogP contribution in [0.1, 0.15) is 28.8 Å². The lowest BCUT2D eigenvalue weighted by Gasteiger charge is -2.36. The lowest BCUT2D eigenvalue weighted by Crippen LogP contribution is -2.49. The minimum Gasteiger partial charge on any atom is -0.550 e. The third kappa shape index (κ3) is 5.08. The van der Waals surface area contributed by atoms with E-state index < -0.39 is 23.7 Å². The Morgan fingerprint density at radius 1 is 0.879 bits per heavy atom. The second-order valence-electron chi connectivity index (χ2n) is 8.62. The van der Waals surface area contributed by atoms with E-state index in [-0.39, 0.29) is 12.3 Å². The second-order valence-corrected chi connectivity index (χ2v) is 8.62. The maximum absolute atomic E-state index is 13.3. The molecule has 1 aliphatic carbocycles. The molecule has 0 saturated carbocycles. The highest BCUT2D eigenvalue weighted by Gasteiger charge is 2.31. The van der Waals surface area contributed by atoms with Crippen LogP contribution in [0.5, 0.6) is 0 Å². The summed E-state index contributed by atoms with van der Waals surface area (Å²) in [6, 6.07) is 15.2. The highest BCUT2D eigenvalue weighted by molar-refractivity contribution is 6.04. The quantitative estimate of drug-likeness (QED) is 0.711. The summed E-state index contributed by atoms with van der Waals surface area (Å²) in [5.41, 5.74) is 3.16. The van der Waals surface area contributed by atoms with Gasteiger partial charge < -0.3 is 25.0 Å². The molecule has 7 nitrogen and oxygen atoms in total. The number of rotatable bonds is 5. The predicted molar refractivity (Wildman–Crippen MR) is 125 cm³/mol. The highest BCUT2D eigenvalue weighted by Crippen LogP contribution is 2.28. The number of carbonyl (C=O) groups excluding carboxylic acids is 3. The van der Waals surface area contributed by atoms with E-state index in [4.69, 9.17) is 0 Å². The van der Waals surface area contributed by atoms with Crippen LogP contribution in [0.3, 0.4) is 0 Å². The van der Waals surface area contributed by atoms with Gasteiger partial charge in [0.2, 0.25) is 5.91 Å². The van der Waals surface area contributed by atoms with Crippen molar-refractivity contribution in [1.82, 2.24) is 4.90 Å². The number of carbonyl (C=O) groups is 3. The first kappa shape index (κ1) is 22.6. The Labute approximate surface area is 193 Å². The van der Waals surface area contributed by atoms with Crippen molar-refractivity contribution in [2.24, 2.45) is 11.8 Å². The number of allylic oxidation sites excluding steroid dienone is 2. The summed E-state index contributed by atoms with van der Waals surface area (Å²) >= 11 is 0. The number of piperazine rings is 1. The Morgan fingerprint density at radius 2 is 1.52 bits per heavy atom. The molecular formula is C26H28N3O4-. The van der Waals surface area contributed by atoms with Crippen molar-refractivity contribution in [2.45, 2.75) is 19.8 Å². The Hall–Kier alpha value is -3.61. The summed E-state index contributed by atoms with van der Waals surface area (Å²) in [5, 5.41) is 14.3. The zero-order chi connectivity index (χ0) is 23.4. The van der Waals surface area contributed by atoms with Crippen LogP contribution in [0.2, 0.25) is 0 Å². The number of benzene rings is 2. The second kappa shape index (κ2) is 9.90. The van der Waals surface area contributed by atoms with Crippen molar-refractivity contribution in [3.05, 3.63) is 71.8 Å². The van der Waals surface area contributed by atoms with E-state index in [1.165, 1.54) is 5.56 Å². The fourth-order valence-electron chi connectivity index (χ4n) is 4.46. The Morgan fingerprint density at radius 3 is 2.18 bits per heavy atom. The first-order chi connectivity index (χ1) is 15.9. The van der Waals surface area contributed by atoms with Crippen molar-refractivity contribution >= 4 is 29.2 Å². The first-order valence-corrected chi connectivity index (χ1v) is 11.3. The van der Waals surface area contributed by atoms with E-state index in [1.54, 1.807) is 35.2 Å². The summed E-state index contributed by atoms with van der Waals surface area (Å²) in [6.45, 7) is 4.67. The van der Waals surface area contributed by atoms with Crippen molar-refractivity contribution in [2.75, 3.05) is 36.4 Å². The van der Waals surface area contributed by atoms with Gasteiger partial charge in [0, 0.05) is 43.8 Å². The molecule has 1 aliphatic heterocycles. The molecule has 2 aromatic carbocycles. The van der Waals surface area contributed by atoms with E-state index in [9.17, 15) is 19.5 Å². The van der Waals surface area contributed by atoms with E-state index in [2.05, 4.69) is 41.4 Å². The number of hydrogen-bond acceptors (Lipinski definition) is 5. The zero-order valence-electron chi connectivity index (χ0n) is 18.7. The number of carboxylic acids is 1. The van der Waals surface area contributed by atoms with E-state index in [0.29, 0.717) is 30.8 Å². The first-order valence-electron chi connectivity index (χ1n) is 11.3. The smallest absolute Gasteiger partial charge is 0.256 e. The summed E-state index contributed by atoms with van der Waals surface area (Å²) in [6.07, 6.45) is 4.18.